The van der Waals surface area contributed by atoms with E-state index < -0.39 is 5.78 Å². The van der Waals surface area contributed by atoms with Crippen LogP contribution < -0.4 is 18.9 Å². The Labute approximate surface area is 233 Å². The highest BCUT2D eigenvalue weighted by atomic mass is 16.5. The monoisotopic (exact) mass is 550 g/mol. The van der Waals surface area contributed by atoms with E-state index in [1.807, 2.05) is 13.8 Å². The van der Waals surface area contributed by atoms with Crippen molar-refractivity contribution < 1.29 is 33.6 Å². The van der Waals surface area contributed by atoms with Gasteiger partial charge in [-0.25, -0.2) is 0 Å². The Morgan fingerprint density at radius 3 is 2.00 bits per heavy atom. The molecule has 0 aromatic heterocycles. The molecule has 2 rings (SSSR count). The Kier molecular flexibility index (Phi) is 12.7. The Morgan fingerprint density at radius 1 is 0.900 bits per heavy atom. The second-order valence-corrected chi connectivity index (χ2v) is 8.17. The highest BCUT2D eigenvalue weighted by molar-refractivity contribution is 6.09. The summed E-state index contributed by atoms with van der Waals surface area (Å²) in [5, 5.41) is 14.3. The molecule has 0 saturated heterocycles. The summed E-state index contributed by atoms with van der Waals surface area (Å²) in [7, 11) is 4.51. The number of azide groups is 1. The molecule has 1 amide bonds. The zero-order valence-electron chi connectivity index (χ0n) is 23.3. The number of aliphatic hydroxyl groups is 1. The minimum atomic E-state index is -0.523. The zero-order chi connectivity index (χ0) is 29.5. The number of hydrogen-bond donors (Lipinski definition) is 1. The lowest BCUT2D eigenvalue weighted by atomic mass is 10.0. The van der Waals surface area contributed by atoms with Crippen LogP contribution in [0.1, 0.15) is 31.4 Å². The van der Waals surface area contributed by atoms with Gasteiger partial charge >= 0.3 is 0 Å². The van der Waals surface area contributed by atoms with Gasteiger partial charge in [-0.1, -0.05) is 29.4 Å². The molecular weight excluding hydrogens is 516 g/mol. The Morgan fingerprint density at radius 2 is 1.45 bits per heavy atom. The molecule has 0 spiro atoms. The molecule has 0 unspecified atom stereocenters. The molecule has 0 heterocycles. The number of allylic oxidation sites excluding steroid dienone is 2. The molecule has 0 bridgehead atoms. The van der Waals surface area contributed by atoms with E-state index in [1.165, 1.54) is 33.5 Å². The van der Waals surface area contributed by atoms with Gasteiger partial charge in [-0.3, -0.25) is 9.59 Å². The van der Waals surface area contributed by atoms with Crippen LogP contribution in [-0.4, -0.2) is 62.8 Å². The van der Waals surface area contributed by atoms with Gasteiger partial charge in [0, 0.05) is 18.0 Å². The number of hydrogen-bond acceptors (Lipinski definition) is 8. The number of ether oxygens (including phenoxy) is 4. The number of nitrogens with zero attached hydrogens (tertiary/aromatic N) is 4. The van der Waals surface area contributed by atoms with Crippen molar-refractivity contribution >= 4 is 23.8 Å². The molecule has 0 fully saturated rings. The van der Waals surface area contributed by atoms with Gasteiger partial charge in [0.2, 0.25) is 5.91 Å². The summed E-state index contributed by atoms with van der Waals surface area (Å²) < 4.78 is 21.2. The maximum Gasteiger partial charge on any atom is 0.227 e. The van der Waals surface area contributed by atoms with E-state index >= 15 is 0 Å². The molecule has 0 aliphatic carbocycles. The van der Waals surface area contributed by atoms with E-state index in [1.54, 1.807) is 53.5 Å². The molecule has 40 heavy (non-hydrogen) atoms. The minimum absolute atomic E-state index is 0.0572. The molecular formula is C29H34N4O7. The predicted octanol–water partition coefficient (Wildman–Crippen LogP) is 5.73. The normalized spacial score (nSPS) is 11.5. The van der Waals surface area contributed by atoms with Gasteiger partial charge in [0.05, 0.1) is 33.3 Å². The third-order valence-electron chi connectivity index (χ3n) is 5.85. The Bertz CT molecular complexity index is 1320. The van der Waals surface area contributed by atoms with E-state index in [0.29, 0.717) is 47.2 Å². The maximum absolute atomic E-state index is 13.2. The fraction of sp³-hybridized carbons (Fsp3) is 0.310. The summed E-state index contributed by atoms with van der Waals surface area (Å²) in [5.41, 5.74) is 9.69. The fourth-order valence-electron chi connectivity index (χ4n) is 3.68. The van der Waals surface area contributed by atoms with E-state index in [0.717, 1.165) is 0 Å². The van der Waals surface area contributed by atoms with Gasteiger partial charge in [-0.05, 0) is 66.9 Å². The van der Waals surface area contributed by atoms with Crippen molar-refractivity contribution in [2.45, 2.75) is 20.3 Å². The molecule has 0 aliphatic rings. The third kappa shape index (κ3) is 8.85. The molecule has 212 valence electrons. The second-order valence-electron chi connectivity index (χ2n) is 8.17. The molecule has 2 aromatic carbocycles. The molecule has 2 aromatic rings. The minimum Gasteiger partial charge on any atom is -0.508 e. The Balaban J connectivity index is 2.42. The van der Waals surface area contributed by atoms with Crippen LogP contribution in [0.15, 0.2) is 65.0 Å². The zero-order valence-corrected chi connectivity index (χ0v) is 23.3. The largest absolute Gasteiger partial charge is 0.508 e. The summed E-state index contributed by atoms with van der Waals surface area (Å²) >= 11 is 0. The van der Waals surface area contributed by atoms with Gasteiger partial charge in [0.15, 0.2) is 35.5 Å². The highest BCUT2D eigenvalue weighted by Gasteiger charge is 2.19. The number of carbonyl (C=O) groups excluding carboxylic acids is 2. The summed E-state index contributed by atoms with van der Waals surface area (Å²) in [6.45, 7) is 4.39. The summed E-state index contributed by atoms with van der Waals surface area (Å²) in [5.74, 6) is 0.630. The van der Waals surface area contributed by atoms with Crippen LogP contribution in [0.25, 0.3) is 22.6 Å². The van der Waals surface area contributed by atoms with Crippen molar-refractivity contribution in [3.63, 3.8) is 0 Å². The predicted molar refractivity (Wildman–Crippen MR) is 152 cm³/mol. The van der Waals surface area contributed by atoms with Gasteiger partial charge in [-0.2, -0.15) is 0 Å². The van der Waals surface area contributed by atoms with Crippen LogP contribution in [-0.2, 0) is 9.59 Å². The number of carbonyl (C=O) groups is 2. The lowest BCUT2D eigenvalue weighted by molar-refractivity contribution is -0.130. The topological polar surface area (TPSA) is 143 Å². The van der Waals surface area contributed by atoms with E-state index in [-0.39, 0.29) is 30.4 Å². The first-order chi connectivity index (χ1) is 19.3. The van der Waals surface area contributed by atoms with Crippen molar-refractivity contribution in [1.82, 2.24) is 4.90 Å². The number of rotatable bonds is 15. The average molecular weight is 551 g/mol. The van der Waals surface area contributed by atoms with Crippen molar-refractivity contribution in [3.05, 3.63) is 81.5 Å². The van der Waals surface area contributed by atoms with Crippen LogP contribution in [0.4, 0.5) is 0 Å². The first-order valence-corrected chi connectivity index (χ1v) is 12.5. The summed E-state index contributed by atoms with van der Waals surface area (Å²) in [6, 6.07) is 10.1. The van der Waals surface area contributed by atoms with Crippen molar-refractivity contribution in [1.29, 1.82) is 0 Å². The molecule has 0 radical (unpaired) electrons. The van der Waals surface area contributed by atoms with Crippen molar-refractivity contribution in [2.24, 2.45) is 5.11 Å². The highest BCUT2D eigenvalue weighted by Crippen LogP contribution is 2.30. The van der Waals surface area contributed by atoms with Crippen LogP contribution in [0.3, 0.4) is 0 Å². The van der Waals surface area contributed by atoms with Gasteiger partial charge in [0.1, 0.15) is 5.76 Å². The third-order valence-corrected chi connectivity index (χ3v) is 5.85. The molecule has 0 aliphatic heterocycles. The summed E-state index contributed by atoms with van der Waals surface area (Å²) in [4.78, 5) is 30.3. The van der Waals surface area contributed by atoms with Gasteiger partial charge in [0.25, 0.3) is 0 Å². The quantitative estimate of drug-likeness (QED) is 0.0745. The van der Waals surface area contributed by atoms with E-state index in [2.05, 4.69) is 10.0 Å². The second kappa shape index (κ2) is 16.2. The lowest BCUT2D eigenvalue weighted by Gasteiger charge is -2.19. The van der Waals surface area contributed by atoms with Crippen molar-refractivity contribution in [2.75, 3.05) is 41.1 Å². The standard InChI is InChI=1S/C29H34N4O7/c1-6-33(7-2)29(36)18-22(23(34)12-8-20-10-14-25(37-3)27(16-20)39-5)24(35)13-9-21-11-15-26(38-4)28(17-21)40-19-31-32-30/h8-17,35H,6-7,18-19H2,1-5H3/b12-8+,13-9+,24-22?. The maximum atomic E-state index is 13.2. The smallest absolute Gasteiger partial charge is 0.227 e. The van der Waals surface area contributed by atoms with Gasteiger partial charge < -0.3 is 29.0 Å². The van der Waals surface area contributed by atoms with Gasteiger partial charge in [-0.15, -0.1) is 0 Å². The SMILES string of the molecule is CCN(CC)C(=O)CC(C(=O)/C=C/c1ccc(OC)c(OC)c1)=C(O)/C=C/c1ccc(OC)c(OCN=[N+]=[N-])c1. The molecule has 0 saturated carbocycles. The lowest BCUT2D eigenvalue weighted by Crippen LogP contribution is -2.31. The Hall–Kier alpha value is -4.89. The molecule has 11 nitrogen and oxygen atoms in total. The number of aliphatic hydroxyl groups excluding tert-OH is 1. The molecule has 0 atom stereocenters. The molecule has 1 N–H and O–H groups in total. The number of amides is 1. The van der Waals surface area contributed by atoms with E-state index in [9.17, 15) is 14.7 Å². The summed E-state index contributed by atoms with van der Waals surface area (Å²) in [6.07, 6.45) is 5.48. The van der Waals surface area contributed by atoms with Crippen LogP contribution >= 0.6 is 0 Å². The van der Waals surface area contributed by atoms with Crippen LogP contribution in [0.5, 0.6) is 23.0 Å². The van der Waals surface area contributed by atoms with Crippen molar-refractivity contribution in [3.8, 4) is 23.0 Å². The van der Waals surface area contributed by atoms with E-state index in [4.69, 9.17) is 24.5 Å². The number of ketones is 1. The number of benzene rings is 2. The first-order valence-electron chi connectivity index (χ1n) is 12.5. The van der Waals surface area contributed by atoms with Crippen LogP contribution in [0.2, 0.25) is 0 Å². The average Bonchev–Trinajstić information content (AvgIpc) is 2.98. The fourth-order valence-corrected chi connectivity index (χ4v) is 3.68. The number of methoxy groups -OCH3 is 3. The van der Waals surface area contributed by atoms with Crippen LogP contribution in [0, 0.1) is 0 Å². The first kappa shape index (κ1) is 31.3. The molecule has 11 heteroatoms.